The maximum Gasteiger partial charge on any atom is 0.227 e. The Hall–Kier alpha value is -1.95. The number of anilines is 2. The van der Waals surface area contributed by atoms with Gasteiger partial charge in [-0.25, -0.2) is 4.98 Å². The zero-order valence-electron chi connectivity index (χ0n) is 14.2. The van der Waals surface area contributed by atoms with Crippen LogP contribution in [-0.2, 0) is 0 Å². The van der Waals surface area contributed by atoms with Crippen molar-refractivity contribution in [2.24, 2.45) is 11.8 Å². The molecule has 1 saturated carbocycles. The van der Waals surface area contributed by atoms with Gasteiger partial charge in [0, 0.05) is 31.2 Å². The van der Waals surface area contributed by atoms with Crippen molar-refractivity contribution < 1.29 is 0 Å². The normalized spacial score (nSPS) is 28.7. The van der Waals surface area contributed by atoms with Crippen LogP contribution in [0.25, 0.3) is 11.0 Å². The summed E-state index contributed by atoms with van der Waals surface area (Å²) in [6, 6.07) is 2.08. The van der Waals surface area contributed by atoms with E-state index in [9.17, 15) is 0 Å². The second-order valence-corrected chi connectivity index (χ2v) is 6.90. The van der Waals surface area contributed by atoms with Crippen LogP contribution in [0.15, 0.2) is 6.07 Å². The number of rotatable bonds is 4. The average molecular weight is 312 g/mol. The van der Waals surface area contributed by atoms with Crippen LogP contribution in [-0.4, -0.2) is 40.1 Å². The van der Waals surface area contributed by atoms with Gasteiger partial charge in [-0.05, 0) is 38.3 Å². The predicted octanol–water partition coefficient (Wildman–Crippen LogP) is 2.09. The number of fused-ring (bicyclic) bond motifs is 2. The summed E-state index contributed by atoms with van der Waals surface area (Å²) >= 11 is 0. The molecule has 3 heterocycles. The summed E-state index contributed by atoms with van der Waals surface area (Å²) in [6.07, 6.45) is 0. The number of pyridine rings is 1. The molecular formula is C17H24N6. The lowest BCUT2D eigenvalue weighted by Crippen LogP contribution is -2.32. The summed E-state index contributed by atoms with van der Waals surface area (Å²) in [7, 11) is 0. The lowest BCUT2D eigenvalue weighted by atomic mass is 10.1. The Kier molecular flexibility index (Phi) is 3.20. The fourth-order valence-electron chi connectivity index (χ4n) is 4.10. The van der Waals surface area contributed by atoms with Crippen LogP contribution < -0.4 is 16.0 Å². The molecule has 0 radical (unpaired) electrons. The van der Waals surface area contributed by atoms with Crippen molar-refractivity contribution in [3.8, 4) is 0 Å². The lowest BCUT2D eigenvalue weighted by molar-refractivity contribution is 0.606. The van der Waals surface area contributed by atoms with Crippen molar-refractivity contribution in [2.75, 3.05) is 30.3 Å². The molecule has 3 atom stereocenters. The van der Waals surface area contributed by atoms with Gasteiger partial charge in [-0.15, -0.1) is 0 Å². The zero-order chi connectivity index (χ0) is 16.2. The summed E-state index contributed by atoms with van der Waals surface area (Å²) in [5, 5.41) is 11.5. The number of nitrogens with one attached hydrogen (secondary N) is 3. The van der Waals surface area contributed by atoms with E-state index in [1.54, 1.807) is 0 Å². The standard InChI is InChI=1S/C17H24N6/c1-5-19-14-13-9(2)6-10(3)20-15(13)22-16(21-14)23-17-8-18-7-12(17)11(17)4/h6,11-12,18H,5,7-8H2,1-4H3,(H2,19,20,21,22,23)/t11-,12+,17+/m0/s1. The van der Waals surface area contributed by atoms with Gasteiger partial charge < -0.3 is 16.0 Å². The molecule has 6 heteroatoms. The molecule has 1 aliphatic carbocycles. The van der Waals surface area contributed by atoms with E-state index < -0.39 is 0 Å². The highest BCUT2D eigenvalue weighted by Crippen LogP contribution is 2.54. The smallest absolute Gasteiger partial charge is 0.227 e. The summed E-state index contributed by atoms with van der Waals surface area (Å²) in [4.78, 5) is 14.1. The van der Waals surface area contributed by atoms with Gasteiger partial charge >= 0.3 is 0 Å². The molecule has 23 heavy (non-hydrogen) atoms. The molecule has 122 valence electrons. The number of nitrogens with zero attached hydrogens (tertiary/aromatic N) is 3. The van der Waals surface area contributed by atoms with Gasteiger partial charge in [-0.2, -0.15) is 9.97 Å². The number of aryl methyl sites for hydroxylation is 2. The van der Waals surface area contributed by atoms with E-state index in [4.69, 9.17) is 9.97 Å². The Labute approximate surface area is 136 Å². The van der Waals surface area contributed by atoms with E-state index in [-0.39, 0.29) is 5.54 Å². The van der Waals surface area contributed by atoms with E-state index in [2.05, 4.69) is 47.8 Å². The molecule has 2 aliphatic rings. The monoisotopic (exact) mass is 312 g/mol. The molecule has 2 aromatic heterocycles. The van der Waals surface area contributed by atoms with Crippen LogP contribution in [0.3, 0.4) is 0 Å². The second kappa shape index (κ2) is 5.03. The van der Waals surface area contributed by atoms with Gasteiger partial charge in [0.15, 0.2) is 5.65 Å². The maximum absolute atomic E-state index is 4.75. The molecule has 2 aromatic rings. The van der Waals surface area contributed by atoms with Crippen molar-refractivity contribution in [3.63, 3.8) is 0 Å². The van der Waals surface area contributed by atoms with E-state index in [1.807, 2.05) is 6.92 Å². The third-order valence-electron chi connectivity index (χ3n) is 5.43. The Bertz CT molecular complexity index is 773. The fourth-order valence-corrected chi connectivity index (χ4v) is 4.10. The van der Waals surface area contributed by atoms with E-state index in [1.165, 1.54) is 0 Å². The fraction of sp³-hybridized carbons (Fsp3) is 0.588. The van der Waals surface area contributed by atoms with Crippen molar-refractivity contribution in [1.29, 1.82) is 0 Å². The number of aromatic nitrogens is 3. The molecule has 1 saturated heterocycles. The first-order valence-corrected chi connectivity index (χ1v) is 8.44. The lowest BCUT2D eigenvalue weighted by Gasteiger charge is -2.18. The van der Waals surface area contributed by atoms with Crippen molar-refractivity contribution in [1.82, 2.24) is 20.3 Å². The Morgan fingerprint density at radius 3 is 2.83 bits per heavy atom. The van der Waals surface area contributed by atoms with Crippen molar-refractivity contribution in [3.05, 3.63) is 17.3 Å². The molecule has 0 aromatic carbocycles. The highest BCUT2D eigenvalue weighted by Gasteiger charge is 2.65. The highest BCUT2D eigenvalue weighted by atomic mass is 15.3. The molecular weight excluding hydrogens is 288 g/mol. The van der Waals surface area contributed by atoms with Crippen molar-refractivity contribution in [2.45, 2.75) is 33.2 Å². The first kappa shape index (κ1) is 14.6. The summed E-state index contributed by atoms with van der Waals surface area (Å²) in [5.74, 6) is 2.90. The van der Waals surface area contributed by atoms with Gasteiger partial charge in [-0.1, -0.05) is 6.92 Å². The molecule has 0 spiro atoms. The Balaban J connectivity index is 1.78. The zero-order valence-corrected chi connectivity index (χ0v) is 14.2. The van der Waals surface area contributed by atoms with Gasteiger partial charge in [-0.3, -0.25) is 0 Å². The van der Waals surface area contributed by atoms with E-state index in [0.717, 1.165) is 47.7 Å². The SMILES string of the molecule is CCNc1nc(N[C@@]23CNC[C@@H]2[C@@H]3C)nc2nc(C)cc(C)c12. The van der Waals surface area contributed by atoms with E-state index in [0.29, 0.717) is 17.8 Å². The van der Waals surface area contributed by atoms with Crippen LogP contribution in [0.2, 0.25) is 0 Å². The highest BCUT2D eigenvalue weighted by molar-refractivity contribution is 5.90. The molecule has 6 nitrogen and oxygen atoms in total. The molecule has 4 rings (SSSR count). The van der Waals surface area contributed by atoms with Gasteiger partial charge in [0.05, 0.1) is 10.9 Å². The van der Waals surface area contributed by atoms with Gasteiger partial charge in [0.25, 0.3) is 0 Å². The van der Waals surface area contributed by atoms with Crippen LogP contribution >= 0.6 is 0 Å². The first-order chi connectivity index (χ1) is 11.0. The molecule has 0 unspecified atom stereocenters. The molecule has 0 amide bonds. The maximum atomic E-state index is 4.75. The molecule has 0 bridgehead atoms. The largest absolute Gasteiger partial charge is 0.370 e. The molecule has 2 fully saturated rings. The quantitative estimate of drug-likeness (QED) is 0.803. The molecule has 1 aliphatic heterocycles. The van der Waals surface area contributed by atoms with Gasteiger partial charge in [0.1, 0.15) is 5.82 Å². The summed E-state index contributed by atoms with van der Waals surface area (Å²) in [6.45, 7) is 11.4. The number of hydrogen-bond acceptors (Lipinski definition) is 6. The predicted molar refractivity (Wildman–Crippen MR) is 92.8 cm³/mol. The molecule has 3 N–H and O–H groups in total. The Morgan fingerprint density at radius 1 is 1.30 bits per heavy atom. The second-order valence-electron chi connectivity index (χ2n) is 6.90. The number of piperidine rings is 1. The third-order valence-corrected chi connectivity index (χ3v) is 5.43. The first-order valence-electron chi connectivity index (χ1n) is 8.44. The van der Waals surface area contributed by atoms with Crippen molar-refractivity contribution >= 4 is 22.8 Å². The minimum Gasteiger partial charge on any atom is -0.370 e. The van der Waals surface area contributed by atoms with Crippen LogP contribution in [0.5, 0.6) is 0 Å². The average Bonchev–Trinajstić information content (AvgIpc) is 2.84. The van der Waals surface area contributed by atoms with Gasteiger partial charge in [0.2, 0.25) is 5.95 Å². The minimum atomic E-state index is 0.121. The summed E-state index contributed by atoms with van der Waals surface area (Å²) in [5.41, 5.74) is 3.03. The number of hydrogen-bond donors (Lipinski definition) is 3. The Morgan fingerprint density at radius 2 is 2.13 bits per heavy atom. The third kappa shape index (κ3) is 2.16. The summed E-state index contributed by atoms with van der Waals surface area (Å²) < 4.78 is 0. The van der Waals surface area contributed by atoms with E-state index >= 15 is 0 Å². The van der Waals surface area contributed by atoms with Crippen LogP contribution in [0.1, 0.15) is 25.1 Å². The topological polar surface area (TPSA) is 74.8 Å². The van der Waals surface area contributed by atoms with Crippen LogP contribution in [0, 0.1) is 25.7 Å². The van der Waals surface area contributed by atoms with Crippen LogP contribution in [0.4, 0.5) is 11.8 Å². The minimum absolute atomic E-state index is 0.121.